The molecule has 27 heavy (non-hydrogen) atoms. The average Bonchev–Trinajstić information content (AvgIpc) is 2.92. The zero-order valence-corrected chi connectivity index (χ0v) is 17.1. The van der Waals surface area contributed by atoms with Crippen LogP contribution in [0, 0.1) is 0 Å². The van der Waals surface area contributed by atoms with Crippen molar-refractivity contribution in [3.05, 3.63) is 44.8 Å². The second-order valence-electron chi connectivity index (χ2n) is 6.19. The van der Waals surface area contributed by atoms with Crippen molar-refractivity contribution in [2.75, 3.05) is 38.5 Å². The smallest absolute Gasteiger partial charge is 0.277 e. The lowest BCUT2D eigenvalue weighted by atomic mass is 10.0. The Bertz CT molecular complexity index is 1010. The Morgan fingerprint density at radius 3 is 2.52 bits per heavy atom. The molecule has 0 amide bonds. The molecule has 0 unspecified atom stereocenters. The molecule has 1 aromatic carbocycles. The molecule has 0 aliphatic carbocycles. The highest BCUT2D eigenvalue weighted by Crippen LogP contribution is 2.36. The van der Waals surface area contributed by atoms with E-state index >= 15 is 0 Å². The van der Waals surface area contributed by atoms with Crippen LogP contribution in [0.2, 0.25) is 5.02 Å². The van der Waals surface area contributed by atoms with Crippen molar-refractivity contribution in [2.45, 2.75) is 11.3 Å². The van der Waals surface area contributed by atoms with E-state index in [2.05, 4.69) is 5.10 Å². The lowest BCUT2D eigenvalue weighted by molar-refractivity contribution is 0.103. The summed E-state index contributed by atoms with van der Waals surface area (Å²) in [6.45, 7) is 0.966. The molecule has 0 saturated carbocycles. The van der Waals surface area contributed by atoms with Gasteiger partial charge in [0.15, 0.2) is 9.84 Å². The van der Waals surface area contributed by atoms with Crippen LogP contribution < -0.4 is 10.5 Å². The summed E-state index contributed by atoms with van der Waals surface area (Å²) in [6.07, 6.45) is 3.02. The van der Waals surface area contributed by atoms with Gasteiger partial charge in [0.1, 0.15) is 5.56 Å². The number of anilines is 1. The molecule has 1 N–H and O–H groups in total. The van der Waals surface area contributed by atoms with Crippen LogP contribution in [0.25, 0.3) is 0 Å². The minimum Gasteiger partial charge on any atom is -0.385 e. The second-order valence-corrected chi connectivity index (χ2v) is 8.56. The highest BCUT2D eigenvalue weighted by molar-refractivity contribution is 7.90. The van der Waals surface area contributed by atoms with Crippen LogP contribution in [0.5, 0.6) is 0 Å². The summed E-state index contributed by atoms with van der Waals surface area (Å²) in [7, 11) is 1.17. The summed E-state index contributed by atoms with van der Waals surface area (Å²) in [5, 5.41) is 2.63. The fourth-order valence-electron chi connectivity index (χ4n) is 2.71. The zero-order valence-electron chi connectivity index (χ0n) is 15.6. The summed E-state index contributed by atoms with van der Waals surface area (Å²) < 4.78 is 30.6. The predicted molar refractivity (Wildman–Crippen MR) is 104 cm³/mol. The van der Waals surface area contributed by atoms with Gasteiger partial charge in [-0.25, -0.2) is 8.42 Å². The van der Waals surface area contributed by atoms with Crippen LogP contribution in [-0.4, -0.2) is 57.5 Å². The van der Waals surface area contributed by atoms with Crippen molar-refractivity contribution in [3.8, 4) is 0 Å². The maximum absolute atomic E-state index is 12.8. The molecule has 0 aliphatic heterocycles. The van der Waals surface area contributed by atoms with Gasteiger partial charge in [0.05, 0.1) is 15.6 Å². The number of sulfone groups is 1. The third-order valence-corrected chi connectivity index (χ3v) is 5.64. The number of aryl methyl sites for hydroxylation is 1. The van der Waals surface area contributed by atoms with Crippen molar-refractivity contribution >= 4 is 32.9 Å². The van der Waals surface area contributed by atoms with E-state index in [9.17, 15) is 18.0 Å². The zero-order chi connectivity index (χ0) is 20.4. The number of rotatable bonds is 8. The van der Waals surface area contributed by atoms with Gasteiger partial charge in [-0.1, -0.05) is 11.6 Å². The fraction of sp³-hybridized carbons (Fsp3) is 0.412. The molecule has 10 heteroatoms. The quantitative estimate of drug-likeness (QED) is 0.517. The van der Waals surface area contributed by atoms with Crippen molar-refractivity contribution in [1.82, 2.24) is 9.78 Å². The average molecular weight is 416 g/mol. The van der Waals surface area contributed by atoms with E-state index < -0.39 is 21.2 Å². The van der Waals surface area contributed by atoms with Crippen LogP contribution in [0.3, 0.4) is 0 Å². The maximum Gasteiger partial charge on any atom is 0.277 e. The van der Waals surface area contributed by atoms with Gasteiger partial charge >= 0.3 is 0 Å². The number of benzene rings is 1. The van der Waals surface area contributed by atoms with Gasteiger partial charge in [0.2, 0.25) is 5.78 Å². The first-order chi connectivity index (χ1) is 12.6. The SMILES string of the molecule is COCCCN(C)c1c(S(C)(=O)=O)ccc(C(=O)c2c[nH]n(C)c2=O)c1Cl. The van der Waals surface area contributed by atoms with Crippen LogP contribution in [-0.2, 0) is 21.6 Å². The van der Waals surface area contributed by atoms with Gasteiger partial charge in [-0.05, 0) is 18.6 Å². The number of hydrogen-bond donors (Lipinski definition) is 1. The Morgan fingerprint density at radius 2 is 2.00 bits per heavy atom. The van der Waals surface area contributed by atoms with Gasteiger partial charge < -0.3 is 14.7 Å². The van der Waals surface area contributed by atoms with E-state index in [-0.39, 0.29) is 26.7 Å². The first-order valence-corrected chi connectivity index (χ1v) is 10.4. The van der Waals surface area contributed by atoms with Crippen LogP contribution in [0.1, 0.15) is 22.3 Å². The Hall–Kier alpha value is -2.10. The Kier molecular flexibility index (Phi) is 6.50. The minimum absolute atomic E-state index is 0.00825. The predicted octanol–water partition coefficient (Wildman–Crippen LogP) is 1.47. The molecule has 148 valence electrons. The Balaban J connectivity index is 2.59. The van der Waals surface area contributed by atoms with Crippen LogP contribution in [0.15, 0.2) is 28.0 Å². The topological polar surface area (TPSA) is 101 Å². The molecule has 0 saturated heterocycles. The summed E-state index contributed by atoms with van der Waals surface area (Å²) in [5.74, 6) is -0.576. The fourth-order valence-corrected chi connectivity index (χ4v) is 4.08. The molecular weight excluding hydrogens is 394 g/mol. The van der Waals surface area contributed by atoms with E-state index in [1.165, 1.54) is 30.1 Å². The Labute approximate surface area is 162 Å². The number of carbonyl (C=O) groups is 1. The summed E-state index contributed by atoms with van der Waals surface area (Å²) in [5.41, 5.74) is -0.263. The number of methoxy groups -OCH3 is 1. The summed E-state index contributed by atoms with van der Waals surface area (Å²) in [6, 6.07) is 2.67. The molecular formula is C17H22ClN3O5S. The van der Waals surface area contributed by atoms with Crippen molar-refractivity contribution in [3.63, 3.8) is 0 Å². The molecule has 0 radical (unpaired) electrons. The lowest BCUT2D eigenvalue weighted by Gasteiger charge is -2.24. The summed E-state index contributed by atoms with van der Waals surface area (Å²) in [4.78, 5) is 26.5. The molecule has 1 aromatic heterocycles. The van der Waals surface area contributed by atoms with Crippen molar-refractivity contribution in [2.24, 2.45) is 7.05 Å². The molecule has 0 bridgehead atoms. The molecule has 0 spiro atoms. The van der Waals surface area contributed by atoms with Crippen molar-refractivity contribution in [1.29, 1.82) is 0 Å². The third-order valence-electron chi connectivity index (χ3n) is 4.13. The summed E-state index contributed by atoms with van der Waals surface area (Å²) >= 11 is 6.45. The highest BCUT2D eigenvalue weighted by Gasteiger charge is 2.26. The number of carbonyl (C=O) groups excluding carboxylic acids is 1. The lowest BCUT2D eigenvalue weighted by Crippen LogP contribution is -2.24. The number of aromatic nitrogens is 2. The number of halogens is 1. The molecule has 0 aliphatic rings. The minimum atomic E-state index is -3.58. The van der Waals surface area contributed by atoms with Gasteiger partial charge in [0.25, 0.3) is 5.56 Å². The van der Waals surface area contributed by atoms with E-state index in [4.69, 9.17) is 16.3 Å². The number of hydrogen-bond acceptors (Lipinski definition) is 6. The molecule has 0 fully saturated rings. The van der Waals surface area contributed by atoms with E-state index in [1.54, 1.807) is 19.1 Å². The number of ketones is 1. The number of ether oxygens (including phenoxy) is 1. The van der Waals surface area contributed by atoms with E-state index in [0.29, 0.717) is 19.6 Å². The molecule has 8 nitrogen and oxygen atoms in total. The standard InChI is InChI=1S/C17H22ClN3O5S/c1-20(8-5-9-26-3)15-13(27(4,24)25)7-6-11(14(15)18)16(22)12-10-19-21(2)17(12)23/h6-7,10,19H,5,8-9H2,1-4H3. The van der Waals surface area contributed by atoms with Crippen molar-refractivity contribution < 1.29 is 17.9 Å². The largest absolute Gasteiger partial charge is 0.385 e. The molecule has 2 rings (SSSR count). The Morgan fingerprint density at radius 1 is 1.33 bits per heavy atom. The number of aromatic amines is 1. The first kappa shape index (κ1) is 21.2. The third kappa shape index (κ3) is 4.42. The highest BCUT2D eigenvalue weighted by atomic mass is 35.5. The van der Waals surface area contributed by atoms with Gasteiger partial charge in [-0.15, -0.1) is 0 Å². The number of H-pyrrole nitrogens is 1. The molecule has 0 atom stereocenters. The van der Waals surface area contributed by atoms with E-state index in [1.807, 2.05) is 0 Å². The number of nitrogens with zero attached hydrogens (tertiary/aromatic N) is 2. The normalized spacial score (nSPS) is 11.6. The van der Waals surface area contributed by atoms with E-state index in [0.717, 1.165) is 6.26 Å². The van der Waals surface area contributed by atoms with Gasteiger partial charge in [-0.3, -0.25) is 14.3 Å². The van der Waals surface area contributed by atoms with Gasteiger partial charge in [-0.2, -0.15) is 0 Å². The molecule has 2 aromatic rings. The monoisotopic (exact) mass is 415 g/mol. The van der Waals surface area contributed by atoms with Gasteiger partial charge in [0, 0.05) is 52.4 Å². The van der Waals surface area contributed by atoms with Crippen LogP contribution in [0.4, 0.5) is 5.69 Å². The number of nitrogens with one attached hydrogen (secondary N) is 1. The molecule has 1 heterocycles. The van der Waals surface area contributed by atoms with Crippen LogP contribution >= 0.6 is 11.6 Å². The first-order valence-electron chi connectivity index (χ1n) is 8.11. The second kappa shape index (κ2) is 8.28. The maximum atomic E-state index is 12.8.